The monoisotopic (exact) mass is 388 g/mol. The summed E-state index contributed by atoms with van der Waals surface area (Å²) in [5, 5.41) is 0. The van der Waals surface area contributed by atoms with Crippen LogP contribution in [-0.4, -0.2) is 18.5 Å². The highest BCUT2D eigenvalue weighted by atomic mass is 16.5. The van der Waals surface area contributed by atoms with Gasteiger partial charge in [0, 0.05) is 19.4 Å². The Bertz CT molecular complexity index is 557. The van der Waals surface area contributed by atoms with E-state index in [2.05, 4.69) is 20.8 Å². The molecule has 0 aromatic heterocycles. The summed E-state index contributed by atoms with van der Waals surface area (Å²) in [7, 11) is 0. The molecule has 4 fully saturated rings. The smallest absolute Gasteiger partial charge is 0.133 e. The molecule has 0 saturated heterocycles. The van der Waals surface area contributed by atoms with Crippen molar-refractivity contribution >= 4 is 5.78 Å². The molecule has 0 N–H and O–H groups in total. The zero-order chi connectivity index (χ0) is 19.8. The molecule has 7 atom stereocenters. The summed E-state index contributed by atoms with van der Waals surface area (Å²) in [6, 6.07) is 0. The molecule has 2 nitrogen and oxygen atoms in total. The molecular formula is C26H44O2. The fraction of sp³-hybridized carbons (Fsp3) is 0.962. The highest BCUT2D eigenvalue weighted by Crippen LogP contribution is 2.66. The van der Waals surface area contributed by atoms with Gasteiger partial charge in [0.25, 0.3) is 0 Å². The number of fused-ring (bicyclic) bond motifs is 5. The molecule has 160 valence electrons. The summed E-state index contributed by atoms with van der Waals surface area (Å²) in [6.45, 7) is 8.39. The van der Waals surface area contributed by atoms with Crippen molar-refractivity contribution in [2.45, 2.75) is 117 Å². The number of Topliss-reactive ketones (excluding diaryl/α,β-unsaturated/α-hetero) is 1. The average Bonchev–Trinajstić information content (AvgIpc) is 3.01. The lowest BCUT2D eigenvalue weighted by molar-refractivity contribution is -0.145. The Hall–Kier alpha value is -0.370. The van der Waals surface area contributed by atoms with Gasteiger partial charge in [-0.05, 0) is 85.9 Å². The molecule has 0 heterocycles. The first kappa shape index (κ1) is 20.9. The van der Waals surface area contributed by atoms with Crippen molar-refractivity contribution in [1.82, 2.24) is 0 Å². The molecule has 0 spiro atoms. The number of rotatable bonds is 7. The Morgan fingerprint density at radius 3 is 2.50 bits per heavy atom. The molecule has 2 heteroatoms. The molecular weight excluding hydrogens is 344 g/mol. The molecule has 0 aromatic carbocycles. The minimum absolute atomic E-state index is 0.415. The van der Waals surface area contributed by atoms with Gasteiger partial charge in [0.2, 0.25) is 0 Å². The third-order valence-corrected chi connectivity index (χ3v) is 9.96. The number of ether oxygens (including phenoxy) is 1. The van der Waals surface area contributed by atoms with Gasteiger partial charge in [-0.15, -0.1) is 0 Å². The maximum Gasteiger partial charge on any atom is 0.133 e. The van der Waals surface area contributed by atoms with Crippen LogP contribution in [0.2, 0.25) is 0 Å². The Morgan fingerprint density at radius 2 is 1.68 bits per heavy atom. The van der Waals surface area contributed by atoms with E-state index in [9.17, 15) is 4.79 Å². The van der Waals surface area contributed by atoms with Crippen molar-refractivity contribution in [3.8, 4) is 0 Å². The van der Waals surface area contributed by atoms with E-state index in [1.807, 2.05) is 0 Å². The number of hydrogen-bond donors (Lipinski definition) is 0. The van der Waals surface area contributed by atoms with E-state index in [0.717, 1.165) is 37.2 Å². The van der Waals surface area contributed by atoms with Gasteiger partial charge in [-0.1, -0.05) is 46.5 Å². The van der Waals surface area contributed by atoms with Gasteiger partial charge in [-0.25, -0.2) is 0 Å². The normalized spacial score (nSPS) is 45.4. The topological polar surface area (TPSA) is 26.3 Å². The van der Waals surface area contributed by atoms with Crippen LogP contribution in [0.1, 0.15) is 111 Å². The number of hydrogen-bond acceptors (Lipinski definition) is 2. The molecule has 0 aliphatic heterocycles. The van der Waals surface area contributed by atoms with Crippen molar-refractivity contribution < 1.29 is 9.53 Å². The minimum Gasteiger partial charge on any atom is -0.378 e. The van der Waals surface area contributed by atoms with E-state index in [-0.39, 0.29) is 0 Å². The Kier molecular flexibility index (Phi) is 6.27. The summed E-state index contributed by atoms with van der Waals surface area (Å²) in [5.41, 5.74) is 0.856. The van der Waals surface area contributed by atoms with Crippen LogP contribution in [0.3, 0.4) is 0 Å². The zero-order valence-electron chi connectivity index (χ0n) is 18.8. The zero-order valence-corrected chi connectivity index (χ0v) is 18.8. The van der Waals surface area contributed by atoms with Gasteiger partial charge in [0.1, 0.15) is 5.78 Å². The van der Waals surface area contributed by atoms with Crippen molar-refractivity contribution in [2.24, 2.45) is 34.5 Å². The van der Waals surface area contributed by atoms with E-state index in [1.54, 1.807) is 0 Å². The summed E-state index contributed by atoms with van der Waals surface area (Å²) < 4.78 is 6.54. The van der Waals surface area contributed by atoms with E-state index >= 15 is 0 Å². The van der Waals surface area contributed by atoms with Crippen molar-refractivity contribution in [2.75, 3.05) is 6.61 Å². The first-order chi connectivity index (χ1) is 13.5. The molecule has 4 aliphatic rings. The van der Waals surface area contributed by atoms with E-state index in [4.69, 9.17) is 4.74 Å². The van der Waals surface area contributed by atoms with Gasteiger partial charge in [0.15, 0.2) is 0 Å². The average molecular weight is 389 g/mol. The second kappa shape index (κ2) is 8.40. The predicted molar refractivity (Wildman–Crippen MR) is 115 cm³/mol. The van der Waals surface area contributed by atoms with Crippen LogP contribution in [0, 0.1) is 34.5 Å². The predicted octanol–water partition coefficient (Wildman–Crippen LogP) is 6.95. The summed E-state index contributed by atoms with van der Waals surface area (Å²) in [4.78, 5) is 12.1. The van der Waals surface area contributed by atoms with Crippen molar-refractivity contribution in [3.63, 3.8) is 0 Å². The molecule has 28 heavy (non-hydrogen) atoms. The summed E-state index contributed by atoms with van der Waals surface area (Å²) in [6.07, 6.45) is 18.1. The summed E-state index contributed by atoms with van der Waals surface area (Å²) in [5.74, 6) is 3.84. The minimum atomic E-state index is 0.415. The van der Waals surface area contributed by atoms with E-state index in [1.165, 1.54) is 77.0 Å². The lowest BCUT2D eigenvalue weighted by atomic mass is 9.45. The molecule has 0 bridgehead atoms. The maximum atomic E-state index is 12.1. The first-order valence-electron chi connectivity index (χ1n) is 12.6. The van der Waals surface area contributed by atoms with Gasteiger partial charge < -0.3 is 4.74 Å². The Balaban J connectivity index is 1.37. The van der Waals surface area contributed by atoms with Gasteiger partial charge >= 0.3 is 0 Å². The maximum absolute atomic E-state index is 12.1. The quantitative estimate of drug-likeness (QED) is 0.441. The lowest BCUT2D eigenvalue weighted by Crippen LogP contribution is -2.54. The molecule has 0 amide bonds. The van der Waals surface area contributed by atoms with Crippen molar-refractivity contribution in [3.05, 3.63) is 0 Å². The van der Waals surface area contributed by atoms with E-state index < -0.39 is 0 Å². The fourth-order valence-electron chi connectivity index (χ4n) is 8.20. The molecule has 4 aliphatic carbocycles. The van der Waals surface area contributed by atoms with Crippen LogP contribution in [-0.2, 0) is 9.53 Å². The summed E-state index contributed by atoms with van der Waals surface area (Å²) >= 11 is 0. The fourth-order valence-corrected chi connectivity index (χ4v) is 8.20. The Morgan fingerprint density at radius 1 is 0.893 bits per heavy atom. The third-order valence-electron chi connectivity index (χ3n) is 9.96. The van der Waals surface area contributed by atoms with Crippen LogP contribution in [0.15, 0.2) is 0 Å². The van der Waals surface area contributed by atoms with Crippen LogP contribution in [0.5, 0.6) is 0 Å². The number of unbranched alkanes of at least 4 members (excludes halogenated alkanes) is 4. The molecule has 0 radical (unpaired) electrons. The lowest BCUT2D eigenvalue weighted by Gasteiger charge is -2.60. The van der Waals surface area contributed by atoms with Crippen LogP contribution in [0.4, 0.5) is 0 Å². The molecule has 4 saturated carbocycles. The molecule has 2 unspecified atom stereocenters. The van der Waals surface area contributed by atoms with Crippen LogP contribution in [0.25, 0.3) is 0 Å². The number of ketones is 1. The van der Waals surface area contributed by atoms with Crippen LogP contribution >= 0.6 is 0 Å². The SMILES string of the molecule is CCCCCCCOC1CC[C@H]2[C@@H]3CCC4CC(=O)CC[C@]4(C)[C@@H]3CC[C@]12C. The van der Waals surface area contributed by atoms with Gasteiger partial charge in [-0.2, -0.15) is 0 Å². The largest absolute Gasteiger partial charge is 0.378 e. The van der Waals surface area contributed by atoms with Gasteiger partial charge in [-0.3, -0.25) is 4.79 Å². The first-order valence-corrected chi connectivity index (χ1v) is 12.6. The second-order valence-corrected chi connectivity index (χ2v) is 11.3. The van der Waals surface area contributed by atoms with Crippen molar-refractivity contribution in [1.29, 1.82) is 0 Å². The molecule has 4 rings (SSSR count). The standard InChI is InChI=1S/C26H44O2/c1-4-5-6-7-8-17-28-24-12-11-22-21-10-9-19-18-20(27)13-15-25(19,2)23(21)14-16-26(22,24)3/h19,21-24H,4-18H2,1-3H3/t19?,21-,22-,23+,24?,25-,26-/m0/s1. The number of carbonyl (C=O) groups is 1. The molecule has 0 aromatic rings. The third kappa shape index (κ3) is 3.61. The van der Waals surface area contributed by atoms with E-state index in [0.29, 0.717) is 28.6 Å². The number of carbonyl (C=O) groups excluding carboxylic acids is 1. The highest BCUT2D eigenvalue weighted by Gasteiger charge is 2.60. The highest BCUT2D eigenvalue weighted by molar-refractivity contribution is 5.79. The Labute approximate surface area is 173 Å². The second-order valence-electron chi connectivity index (χ2n) is 11.3. The van der Waals surface area contributed by atoms with Crippen LogP contribution < -0.4 is 0 Å². The van der Waals surface area contributed by atoms with Gasteiger partial charge in [0.05, 0.1) is 6.10 Å².